The zero-order valence-corrected chi connectivity index (χ0v) is 12.7. The second kappa shape index (κ2) is 6.87. The average Bonchev–Trinajstić information content (AvgIpc) is 2.97. The van der Waals surface area contributed by atoms with Crippen molar-refractivity contribution in [2.45, 2.75) is 13.1 Å². The fraction of sp³-hybridized carbons (Fsp3) is 0.286. The summed E-state index contributed by atoms with van der Waals surface area (Å²) in [5.41, 5.74) is -3.16. The molecule has 25 heavy (non-hydrogen) atoms. The van der Waals surface area contributed by atoms with Gasteiger partial charge in [0.1, 0.15) is 11.5 Å². The SMILES string of the molecule is CC(CNC(=O)c1nnn(-c2ccccc2F)c1C(F)(F)F)C(=O)O. The minimum absolute atomic E-state index is 0.185. The van der Waals surface area contributed by atoms with Crippen LogP contribution in [-0.4, -0.2) is 38.5 Å². The second-order valence-corrected chi connectivity index (χ2v) is 5.10. The summed E-state index contributed by atoms with van der Waals surface area (Å²) in [5, 5.41) is 17.2. The molecular formula is C14H12F4N4O3. The lowest BCUT2D eigenvalue weighted by molar-refractivity contribution is -0.143. The highest BCUT2D eigenvalue weighted by Crippen LogP contribution is 2.33. The Kier molecular flexibility index (Phi) is 5.04. The van der Waals surface area contributed by atoms with Crippen molar-refractivity contribution in [2.75, 3.05) is 6.54 Å². The van der Waals surface area contributed by atoms with Crippen LogP contribution >= 0.6 is 0 Å². The molecule has 1 amide bonds. The maximum atomic E-state index is 13.8. The van der Waals surface area contributed by atoms with E-state index in [1.54, 1.807) is 0 Å². The summed E-state index contributed by atoms with van der Waals surface area (Å²) in [6.45, 7) is 0.863. The largest absolute Gasteiger partial charge is 0.481 e. The molecule has 1 unspecified atom stereocenters. The van der Waals surface area contributed by atoms with Gasteiger partial charge in [-0.25, -0.2) is 9.07 Å². The van der Waals surface area contributed by atoms with Gasteiger partial charge in [-0.15, -0.1) is 5.10 Å². The predicted molar refractivity (Wildman–Crippen MR) is 75.5 cm³/mol. The van der Waals surface area contributed by atoms with Crippen LogP contribution in [0, 0.1) is 11.7 Å². The van der Waals surface area contributed by atoms with Gasteiger partial charge in [-0.2, -0.15) is 13.2 Å². The molecule has 7 nitrogen and oxygen atoms in total. The Labute approximate surface area is 138 Å². The molecular weight excluding hydrogens is 348 g/mol. The molecule has 0 bridgehead atoms. The highest BCUT2D eigenvalue weighted by atomic mass is 19.4. The van der Waals surface area contributed by atoms with E-state index in [2.05, 4.69) is 10.3 Å². The number of benzene rings is 1. The van der Waals surface area contributed by atoms with Gasteiger partial charge in [-0.3, -0.25) is 9.59 Å². The number of alkyl halides is 3. The molecule has 0 radical (unpaired) electrons. The summed E-state index contributed by atoms with van der Waals surface area (Å²) in [6, 6.07) is 4.57. The number of halogens is 4. The van der Waals surface area contributed by atoms with Gasteiger partial charge in [0, 0.05) is 6.54 Å². The van der Waals surface area contributed by atoms with E-state index in [4.69, 9.17) is 5.11 Å². The molecule has 134 valence electrons. The molecule has 1 aromatic carbocycles. The molecule has 0 aliphatic carbocycles. The number of hydrogen-bond acceptors (Lipinski definition) is 4. The number of carboxylic acid groups (broad SMARTS) is 1. The van der Waals surface area contributed by atoms with Crippen LogP contribution in [0.4, 0.5) is 17.6 Å². The minimum Gasteiger partial charge on any atom is -0.481 e. The maximum absolute atomic E-state index is 13.8. The zero-order valence-electron chi connectivity index (χ0n) is 12.7. The van der Waals surface area contributed by atoms with E-state index >= 15 is 0 Å². The number of carbonyl (C=O) groups excluding carboxylic acids is 1. The van der Waals surface area contributed by atoms with E-state index < -0.39 is 53.4 Å². The number of carboxylic acids is 1. The molecule has 0 spiro atoms. The average molecular weight is 360 g/mol. The van der Waals surface area contributed by atoms with Crippen molar-refractivity contribution >= 4 is 11.9 Å². The molecule has 11 heteroatoms. The van der Waals surface area contributed by atoms with E-state index in [-0.39, 0.29) is 4.68 Å². The van der Waals surface area contributed by atoms with E-state index in [0.29, 0.717) is 0 Å². The fourth-order valence-corrected chi connectivity index (χ4v) is 1.90. The maximum Gasteiger partial charge on any atom is 0.435 e. The summed E-state index contributed by atoms with van der Waals surface area (Å²) in [7, 11) is 0. The lowest BCUT2D eigenvalue weighted by atomic mass is 10.2. The van der Waals surface area contributed by atoms with Crippen LogP contribution in [0.2, 0.25) is 0 Å². The highest BCUT2D eigenvalue weighted by molar-refractivity contribution is 5.93. The van der Waals surface area contributed by atoms with Crippen molar-refractivity contribution in [1.82, 2.24) is 20.3 Å². The van der Waals surface area contributed by atoms with Crippen LogP contribution in [0.3, 0.4) is 0 Å². The third kappa shape index (κ3) is 3.92. The third-order valence-corrected chi connectivity index (χ3v) is 3.22. The van der Waals surface area contributed by atoms with Crippen molar-refractivity contribution in [1.29, 1.82) is 0 Å². The molecule has 1 aromatic heterocycles. The van der Waals surface area contributed by atoms with Gasteiger partial charge in [0.25, 0.3) is 5.91 Å². The summed E-state index contributed by atoms with van der Waals surface area (Å²) in [4.78, 5) is 22.7. The Balaban J connectivity index is 2.42. The van der Waals surface area contributed by atoms with E-state index in [0.717, 1.165) is 12.1 Å². The van der Waals surface area contributed by atoms with E-state index in [1.807, 2.05) is 5.32 Å². The van der Waals surface area contributed by atoms with Gasteiger partial charge in [-0.1, -0.05) is 24.3 Å². The predicted octanol–water partition coefficient (Wildman–Crippen LogP) is 1.88. The number of nitrogens with zero attached hydrogens (tertiary/aromatic N) is 3. The summed E-state index contributed by atoms with van der Waals surface area (Å²) < 4.78 is 54.0. The van der Waals surface area contributed by atoms with Crippen molar-refractivity contribution in [2.24, 2.45) is 5.92 Å². The Morgan fingerprint density at radius 3 is 2.52 bits per heavy atom. The fourth-order valence-electron chi connectivity index (χ4n) is 1.90. The number of rotatable bonds is 5. The topological polar surface area (TPSA) is 97.1 Å². The molecule has 2 rings (SSSR count). The number of hydrogen-bond donors (Lipinski definition) is 2. The molecule has 0 saturated carbocycles. The molecule has 0 fully saturated rings. The molecule has 1 heterocycles. The highest BCUT2D eigenvalue weighted by Gasteiger charge is 2.42. The standard InChI is InChI=1S/C14H12F4N4O3/c1-7(13(24)25)6-19-12(23)10-11(14(16,17)18)22(21-20-10)9-5-3-2-4-8(9)15/h2-5,7H,6H2,1H3,(H,19,23)(H,24,25). The molecule has 0 aliphatic rings. The summed E-state index contributed by atoms with van der Waals surface area (Å²) in [5.74, 6) is -4.49. The van der Waals surface area contributed by atoms with Gasteiger partial charge < -0.3 is 10.4 Å². The molecule has 1 atom stereocenters. The van der Waals surface area contributed by atoms with Gasteiger partial charge in [-0.05, 0) is 12.1 Å². The van der Waals surface area contributed by atoms with Crippen LogP contribution in [0.1, 0.15) is 23.1 Å². The van der Waals surface area contributed by atoms with Crippen LogP contribution in [0.5, 0.6) is 0 Å². The number of aliphatic carboxylic acids is 1. The van der Waals surface area contributed by atoms with Crippen LogP contribution in [0.25, 0.3) is 5.69 Å². The number of nitrogens with one attached hydrogen (secondary N) is 1. The lowest BCUT2D eigenvalue weighted by Gasteiger charge is -2.12. The number of aromatic nitrogens is 3. The number of carbonyl (C=O) groups is 2. The first kappa shape index (κ1) is 18.4. The normalized spacial score (nSPS) is 12.7. The number of para-hydroxylation sites is 1. The monoisotopic (exact) mass is 360 g/mol. The van der Waals surface area contributed by atoms with E-state index in [9.17, 15) is 27.2 Å². The second-order valence-electron chi connectivity index (χ2n) is 5.10. The van der Waals surface area contributed by atoms with Gasteiger partial charge in [0.05, 0.1) is 5.92 Å². The van der Waals surface area contributed by atoms with Gasteiger partial charge >= 0.3 is 12.1 Å². The Bertz CT molecular complexity index is 804. The molecule has 2 aromatic rings. The van der Waals surface area contributed by atoms with Gasteiger partial charge in [0.2, 0.25) is 0 Å². The van der Waals surface area contributed by atoms with Crippen molar-refractivity contribution in [3.63, 3.8) is 0 Å². The summed E-state index contributed by atoms with van der Waals surface area (Å²) in [6.07, 6.45) is -5.04. The Hall–Kier alpha value is -2.98. The number of amides is 1. The smallest absolute Gasteiger partial charge is 0.435 e. The first-order valence-electron chi connectivity index (χ1n) is 6.91. The van der Waals surface area contributed by atoms with Gasteiger partial charge in [0.15, 0.2) is 11.4 Å². The lowest BCUT2D eigenvalue weighted by Crippen LogP contribution is -2.33. The third-order valence-electron chi connectivity index (χ3n) is 3.22. The van der Waals surface area contributed by atoms with Crippen molar-refractivity contribution in [3.05, 3.63) is 41.5 Å². The first-order chi connectivity index (χ1) is 11.6. The Morgan fingerprint density at radius 1 is 1.32 bits per heavy atom. The molecule has 0 saturated heterocycles. The zero-order chi connectivity index (χ0) is 18.8. The van der Waals surface area contributed by atoms with Crippen LogP contribution in [0.15, 0.2) is 24.3 Å². The first-order valence-corrected chi connectivity index (χ1v) is 6.91. The minimum atomic E-state index is -5.04. The van der Waals surface area contributed by atoms with E-state index in [1.165, 1.54) is 19.1 Å². The van der Waals surface area contributed by atoms with Crippen LogP contribution in [-0.2, 0) is 11.0 Å². The quantitative estimate of drug-likeness (QED) is 0.794. The van der Waals surface area contributed by atoms with Crippen molar-refractivity contribution < 1.29 is 32.3 Å². The summed E-state index contributed by atoms with van der Waals surface area (Å²) >= 11 is 0. The molecule has 2 N–H and O–H groups in total. The van der Waals surface area contributed by atoms with Crippen LogP contribution < -0.4 is 5.32 Å². The Morgan fingerprint density at radius 2 is 1.96 bits per heavy atom. The van der Waals surface area contributed by atoms with Crippen molar-refractivity contribution in [3.8, 4) is 5.69 Å². The molecule has 0 aliphatic heterocycles.